The number of rotatable bonds is 3. The molecule has 1 fully saturated rings. The maximum atomic E-state index is 11.8. The lowest BCUT2D eigenvalue weighted by atomic mass is 10.1. The zero-order valence-electron chi connectivity index (χ0n) is 11.0. The van der Waals surface area contributed by atoms with Crippen LogP contribution in [0.3, 0.4) is 0 Å². The maximum Gasteiger partial charge on any atom is 0.340 e. The number of ether oxygens (including phenoxy) is 2. The summed E-state index contributed by atoms with van der Waals surface area (Å²) in [6.07, 6.45) is 0. The fraction of sp³-hybridized carbons (Fsp3) is 0.462. The normalized spacial score (nSPS) is 14.4. The summed E-state index contributed by atoms with van der Waals surface area (Å²) < 4.78 is 10.4. The number of hydrogen-bond donors (Lipinski definition) is 2. The Kier molecular flexibility index (Phi) is 6.88. The minimum atomic E-state index is -0.255. The Hall–Kier alpha value is -1.63. The van der Waals surface area contributed by atoms with Gasteiger partial charge in [0.15, 0.2) is 0 Å². The molecule has 6 heteroatoms. The quantitative estimate of drug-likeness (QED) is 0.629. The van der Waals surface area contributed by atoms with Crippen LogP contribution in [0, 0.1) is 0 Å². The first-order chi connectivity index (χ1) is 9.33. The van der Waals surface area contributed by atoms with Crippen LogP contribution in [0.5, 0.6) is 0 Å². The third kappa shape index (κ3) is 4.20. The highest BCUT2D eigenvalue weighted by molar-refractivity contribution is 5.95. The minimum absolute atomic E-state index is 0.255. The molecule has 1 aromatic rings. The van der Waals surface area contributed by atoms with Crippen molar-refractivity contribution in [1.82, 2.24) is 0 Å². The summed E-state index contributed by atoms with van der Waals surface area (Å²) in [5, 5.41) is 6.50. The van der Waals surface area contributed by atoms with Crippen LogP contribution in [0.25, 0.3) is 0 Å². The number of esters is 1. The van der Waals surface area contributed by atoms with Crippen LogP contribution in [-0.2, 0) is 9.47 Å². The average molecular weight is 268 g/mol. The summed E-state index contributed by atoms with van der Waals surface area (Å²) in [4.78, 5) is 14.0. The first kappa shape index (κ1) is 15.4. The molecule has 0 amide bonds. The van der Waals surface area contributed by atoms with E-state index in [9.17, 15) is 4.79 Å². The van der Waals surface area contributed by atoms with Gasteiger partial charge in [-0.05, 0) is 19.1 Å². The lowest BCUT2D eigenvalue weighted by molar-refractivity contribution is 0.0526. The largest absolute Gasteiger partial charge is 0.462 e. The first-order valence-corrected chi connectivity index (χ1v) is 6.17. The first-order valence-electron chi connectivity index (χ1n) is 6.17. The van der Waals surface area contributed by atoms with Gasteiger partial charge >= 0.3 is 5.97 Å². The molecule has 106 valence electrons. The Balaban J connectivity index is 0.000000861. The van der Waals surface area contributed by atoms with Gasteiger partial charge in [0.2, 0.25) is 0 Å². The van der Waals surface area contributed by atoms with Crippen molar-refractivity contribution in [2.45, 2.75) is 6.92 Å². The number of anilines is 1. The molecule has 1 aromatic carbocycles. The zero-order chi connectivity index (χ0) is 14.1. The van der Waals surface area contributed by atoms with E-state index < -0.39 is 0 Å². The predicted octanol–water partition coefficient (Wildman–Crippen LogP) is 1.03. The van der Waals surface area contributed by atoms with Crippen molar-refractivity contribution in [3.63, 3.8) is 0 Å². The van der Waals surface area contributed by atoms with E-state index in [0.717, 1.165) is 18.8 Å². The van der Waals surface area contributed by atoms with E-state index in [1.54, 1.807) is 0 Å². The van der Waals surface area contributed by atoms with Gasteiger partial charge in [-0.2, -0.15) is 0 Å². The molecule has 0 unspecified atom stereocenters. The maximum absolute atomic E-state index is 11.8. The number of nitrogens with two attached hydrogens (primary N) is 1. The van der Waals surface area contributed by atoms with Crippen molar-refractivity contribution in [2.75, 3.05) is 37.8 Å². The lowest BCUT2D eigenvalue weighted by Crippen LogP contribution is -2.37. The Labute approximate surface area is 112 Å². The molecule has 0 saturated carbocycles. The van der Waals surface area contributed by atoms with Gasteiger partial charge in [0.25, 0.3) is 0 Å². The fourth-order valence-electron chi connectivity index (χ4n) is 1.94. The van der Waals surface area contributed by atoms with Gasteiger partial charge in [-0.25, -0.2) is 10.7 Å². The molecule has 2 rings (SSSR count). The van der Waals surface area contributed by atoms with Crippen molar-refractivity contribution in [2.24, 2.45) is 5.90 Å². The molecule has 1 heterocycles. The average Bonchev–Trinajstić information content (AvgIpc) is 2.50. The zero-order valence-corrected chi connectivity index (χ0v) is 11.0. The monoisotopic (exact) mass is 268 g/mol. The number of carbonyl (C=O) groups excluding carboxylic acids is 1. The Bertz CT molecular complexity index is 392. The van der Waals surface area contributed by atoms with Gasteiger partial charge in [-0.15, -0.1) is 0 Å². The lowest BCUT2D eigenvalue weighted by Gasteiger charge is -2.30. The second kappa shape index (κ2) is 8.47. The van der Waals surface area contributed by atoms with Crippen LogP contribution in [0.15, 0.2) is 24.3 Å². The van der Waals surface area contributed by atoms with Crippen molar-refractivity contribution in [3.8, 4) is 0 Å². The van der Waals surface area contributed by atoms with Crippen LogP contribution in [-0.4, -0.2) is 44.1 Å². The predicted molar refractivity (Wildman–Crippen MR) is 71.4 cm³/mol. The molecule has 1 saturated heterocycles. The van der Waals surface area contributed by atoms with Gasteiger partial charge in [-0.3, -0.25) is 0 Å². The highest BCUT2D eigenvalue weighted by Gasteiger charge is 2.18. The number of carbonyl (C=O) groups is 1. The van der Waals surface area contributed by atoms with E-state index in [-0.39, 0.29) is 5.97 Å². The number of nitrogens with zero attached hydrogens (tertiary/aromatic N) is 1. The molecular weight excluding hydrogens is 248 g/mol. The van der Waals surface area contributed by atoms with E-state index in [4.69, 9.17) is 14.7 Å². The second-order valence-corrected chi connectivity index (χ2v) is 3.84. The molecule has 6 nitrogen and oxygen atoms in total. The van der Waals surface area contributed by atoms with Crippen molar-refractivity contribution < 1.29 is 19.5 Å². The van der Waals surface area contributed by atoms with Gasteiger partial charge < -0.3 is 19.6 Å². The highest BCUT2D eigenvalue weighted by Crippen LogP contribution is 2.22. The summed E-state index contributed by atoms with van der Waals surface area (Å²) in [6, 6.07) is 7.56. The topological polar surface area (TPSA) is 85.0 Å². The summed E-state index contributed by atoms with van der Waals surface area (Å²) in [5.41, 5.74) is 1.57. The summed E-state index contributed by atoms with van der Waals surface area (Å²) in [7, 11) is 0. The molecule has 19 heavy (non-hydrogen) atoms. The molecule has 0 aliphatic carbocycles. The van der Waals surface area contributed by atoms with Crippen molar-refractivity contribution in [3.05, 3.63) is 29.8 Å². The number of hydrogen-bond acceptors (Lipinski definition) is 6. The van der Waals surface area contributed by atoms with Crippen LogP contribution >= 0.6 is 0 Å². The van der Waals surface area contributed by atoms with E-state index in [1.165, 1.54) is 0 Å². The molecule has 0 spiro atoms. The third-order valence-corrected chi connectivity index (χ3v) is 2.75. The highest BCUT2D eigenvalue weighted by atomic mass is 16.5. The number of para-hydroxylation sites is 1. The van der Waals surface area contributed by atoms with Gasteiger partial charge in [0, 0.05) is 13.1 Å². The summed E-state index contributed by atoms with van der Waals surface area (Å²) in [5.74, 6) is 3.24. The molecule has 0 bridgehead atoms. The smallest absolute Gasteiger partial charge is 0.340 e. The van der Waals surface area contributed by atoms with Crippen LogP contribution in [0.2, 0.25) is 0 Å². The molecule has 1 aliphatic heterocycles. The summed E-state index contributed by atoms with van der Waals surface area (Å²) >= 11 is 0. The van der Waals surface area contributed by atoms with E-state index in [0.29, 0.717) is 25.4 Å². The van der Waals surface area contributed by atoms with Gasteiger partial charge in [0.05, 0.1) is 31.1 Å². The van der Waals surface area contributed by atoms with E-state index in [1.807, 2.05) is 31.2 Å². The Morgan fingerprint density at radius 1 is 1.37 bits per heavy atom. The van der Waals surface area contributed by atoms with Crippen LogP contribution < -0.4 is 10.8 Å². The molecule has 0 atom stereocenters. The van der Waals surface area contributed by atoms with Gasteiger partial charge in [0.1, 0.15) is 0 Å². The van der Waals surface area contributed by atoms with Crippen LogP contribution in [0.1, 0.15) is 17.3 Å². The van der Waals surface area contributed by atoms with Gasteiger partial charge in [-0.1, -0.05) is 12.1 Å². The molecular formula is C13H20N2O4. The Morgan fingerprint density at radius 2 is 2.00 bits per heavy atom. The molecule has 0 aromatic heterocycles. The minimum Gasteiger partial charge on any atom is -0.462 e. The standard InChI is InChI=1S/C13H17NO3.H3NO/c1-2-17-13(15)11-5-3-4-6-12(11)14-7-9-16-10-8-14;1-2/h3-6H,2,7-10H2,1H3;2H,1H2. The molecule has 0 radical (unpaired) electrons. The number of benzene rings is 1. The van der Waals surface area contributed by atoms with Crippen LogP contribution in [0.4, 0.5) is 5.69 Å². The second-order valence-electron chi connectivity index (χ2n) is 3.84. The van der Waals surface area contributed by atoms with E-state index >= 15 is 0 Å². The molecule has 3 N–H and O–H groups in total. The fourth-order valence-corrected chi connectivity index (χ4v) is 1.94. The van der Waals surface area contributed by atoms with Crippen molar-refractivity contribution in [1.29, 1.82) is 0 Å². The third-order valence-electron chi connectivity index (χ3n) is 2.75. The summed E-state index contributed by atoms with van der Waals surface area (Å²) in [6.45, 7) is 5.26. The Morgan fingerprint density at radius 3 is 2.63 bits per heavy atom. The molecule has 1 aliphatic rings. The number of morpholine rings is 1. The van der Waals surface area contributed by atoms with E-state index in [2.05, 4.69) is 10.8 Å². The SMILES string of the molecule is CCOC(=O)c1ccccc1N1CCOCC1.NO. The van der Waals surface area contributed by atoms with Crippen molar-refractivity contribution >= 4 is 11.7 Å².